The lowest BCUT2D eigenvalue weighted by atomic mass is 10.3. The molecule has 0 amide bonds. The molecule has 2 rings (SSSR count). The molecule has 3 nitrogen and oxygen atoms in total. The van der Waals surface area contributed by atoms with Crippen molar-refractivity contribution in [3.05, 3.63) is 30.4 Å². The SMILES string of the molecule is Cn1ccnc1C1C=CCN1. The molecule has 2 heterocycles. The number of nitrogens with zero attached hydrogens (tertiary/aromatic N) is 2. The third-order valence-corrected chi connectivity index (χ3v) is 1.92. The fourth-order valence-electron chi connectivity index (χ4n) is 1.32. The highest BCUT2D eigenvalue weighted by Gasteiger charge is 2.13. The third-order valence-electron chi connectivity index (χ3n) is 1.92. The van der Waals surface area contributed by atoms with Crippen LogP contribution in [0.2, 0.25) is 0 Å². The molecular weight excluding hydrogens is 138 g/mol. The molecule has 0 aromatic carbocycles. The van der Waals surface area contributed by atoms with E-state index in [-0.39, 0.29) is 0 Å². The minimum Gasteiger partial charge on any atom is -0.336 e. The van der Waals surface area contributed by atoms with Gasteiger partial charge in [0.15, 0.2) is 0 Å². The molecule has 11 heavy (non-hydrogen) atoms. The molecule has 1 aliphatic rings. The van der Waals surface area contributed by atoms with E-state index in [4.69, 9.17) is 0 Å². The van der Waals surface area contributed by atoms with E-state index in [0.29, 0.717) is 6.04 Å². The fourth-order valence-corrected chi connectivity index (χ4v) is 1.32. The van der Waals surface area contributed by atoms with Gasteiger partial charge >= 0.3 is 0 Å². The second-order valence-electron chi connectivity index (χ2n) is 2.71. The minimum absolute atomic E-state index is 0.315. The Labute approximate surface area is 65.7 Å². The number of rotatable bonds is 1. The molecule has 58 valence electrons. The molecule has 0 spiro atoms. The molecule has 1 unspecified atom stereocenters. The van der Waals surface area contributed by atoms with Crippen LogP contribution in [0.1, 0.15) is 11.9 Å². The van der Waals surface area contributed by atoms with Crippen molar-refractivity contribution >= 4 is 0 Å². The smallest absolute Gasteiger partial charge is 0.129 e. The van der Waals surface area contributed by atoms with E-state index in [1.807, 2.05) is 24.0 Å². The first-order valence-electron chi connectivity index (χ1n) is 3.75. The molecule has 0 saturated heterocycles. The number of aromatic nitrogens is 2. The van der Waals surface area contributed by atoms with E-state index in [0.717, 1.165) is 12.4 Å². The van der Waals surface area contributed by atoms with Crippen LogP contribution in [0.25, 0.3) is 0 Å². The van der Waals surface area contributed by atoms with Gasteiger partial charge in [-0.2, -0.15) is 0 Å². The van der Waals surface area contributed by atoms with Crippen molar-refractivity contribution in [1.82, 2.24) is 14.9 Å². The van der Waals surface area contributed by atoms with Gasteiger partial charge in [-0.1, -0.05) is 12.2 Å². The summed E-state index contributed by atoms with van der Waals surface area (Å²) >= 11 is 0. The second-order valence-corrected chi connectivity index (χ2v) is 2.71. The van der Waals surface area contributed by atoms with Crippen LogP contribution in [0.4, 0.5) is 0 Å². The fraction of sp³-hybridized carbons (Fsp3) is 0.375. The Morgan fingerprint density at radius 1 is 1.73 bits per heavy atom. The molecule has 0 radical (unpaired) electrons. The van der Waals surface area contributed by atoms with Crippen LogP contribution in [-0.4, -0.2) is 16.1 Å². The van der Waals surface area contributed by atoms with Crippen molar-refractivity contribution in [3.8, 4) is 0 Å². The molecule has 1 aliphatic heterocycles. The Morgan fingerprint density at radius 3 is 3.18 bits per heavy atom. The van der Waals surface area contributed by atoms with E-state index in [1.54, 1.807) is 0 Å². The van der Waals surface area contributed by atoms with Gasteiger partial charge in [0.05, 0.1) is 6.04 Å². The number of aryl methyl sites for hydroxylation is 1. The van der Waals surface area contributed by atoms with Gasteiger partial charge in [0.1, 0.15) is 5.82 Å². The lowest BCUT2D eigenvalue weighted by molar-refractivity contribution is 0.636. The normalized spacial score (nSPS) is 22.8. The summed E-state index contributed by atoms with van der Waals surface area (Å²) in [4.78, 5) is 4.25. The van der Waals surface area contributed by atoms with E-state index >= 15 is 0 Å². The first-order chi connectivity index (χ1) is 5.38. The molecule has 0 saturated carbocycles. The van der Waals surface area contributed by atoms with Crippen LogP contribution in [0.5, 0.6) is 0 Å². The molecule has 1 atom stereocenters. The molecule has 0 aliphatic carbocycles. The Kier molecular flexibility index (Phi) is 1.51. The zero-order valence-electron chi connectivity index (χ0n) is 6.49. The summed E-state index contributed by atoms with van der Waals surface area (Å²) in [6.45, 7) is 0.956. The van der Waals surface area contributed by atoms with Gasteiger partial charge in [-0.15, -0.1) is 0 Å². The molecule has 0 fully saturated rings. The van der Waals surface area contributed by atoms with Crippen LogP contribution >= 0.6 is 0 Å². The Balaban J connectivity index is 2.28. The Hall–Kier alpha value is -1.09. The lowest BCUT2D eigenvalue weighted by Crippen LogP contribution is -2.17. The summed E-state index contributed by atoms with van der Waals surface area (Å²) in [7, 11) is 2.01. The molecule has 1 aromatic heterocycles. The number of hydrogen-bond donors (Lipinski definition) is 1. The van der Waals surface area contributed by atoms with Crippen molar-refractivity contribution in [3.63, 3.8) is 0 Å². The van der Waals surface area contributed by atoms with Gasteiger partial charge in [0, 0.05) is 26.0 Å². The summed E-state index contributed by atoms with van der Waals surface area (Å²) < 4.78 is 2.04. The monoisotopic (exact) mass is 149 g/mol. The van der Waals surface area contributed by atoms with Crippen LogP contribution in [-0.2, 0) is 7.05 Å². The predicted molar refractivity (Wildman–Crippen MR) is 43.1 cm³/mol. The lowest BCUT2D eigenvalue weighted by Gasteiger charge is -2.07. The summed E-state index contributed by atoms with van der Waals surface area (Å²) in [5.74, 6) is 1.08. The Morgan fingerprint density at radius 2 is 2.64 bits per heavy atom. The van der Waals surface area contributed by atoms with E-state index < -0.39 is 0 Å². The summed E-state index contributed by atoms with van der Waals surface area (Å²) in [5, 5.41) is 3.31. The zero-order chi connectivity index (χ0) is 7.68. The van der Waals surface area contributed by atoms with Crippen molar-refractivity contribution < 1.29 is 0 Å². The maximum absolute atomic E-state index is 4.25. The minimum atomic E-state index is 0.315. The van der Waals surface area contributed by atoms with Crippen molar-refractivity contribution in [2.45, 2.75) is 6.04 Å². The molecule has 3 heteroatoms. The van der Waals surface area contributed by atoms with Crippen molar-refractivity contribution in [1.29, 1.82) is 0 Å². The molecule has 0 bridgehead atoms. The first kappa shape index (κ1) is 6.61. The highest BCUT2D eigenvalue weighted by molar-refractivity contribution is 5.12. The predicted octanol–water partition coefficient (Wildman–Crippen LogP) is 0.621. The molecule has 1 aromatic rings. The van der Waals surface area contributed by atoms with Crippen LogP contribution in [0.15, 0.2) is 24.5 Å². The maximum Gasteiger partial charge on any atom is 0.129 e. The molecular formula is C8H11N3. The highest BCUT2D eigenvalue weighted by atomic mass is 15.1. The average Bonchev–Trinajstić information content (AvgIpc) is 2.55. The second kappa shape index (κ2) is 2.51. The van der Waals surface area contributed by atoms with Gasteiger partial charge < -0.3 is 9.88 Å². The van der Waals surface area contributed by atoms with Crippen molar-refractivity contribution in [2.24, 2.45) is 7.05 Å². The standard InChI is InChI=1S/C8H11N3/c1-11-6-5-10-8(11)7-3-2-4-9-7/h2-3,5-7,9H,4H2,1H3. The largest absolute Gasteiger partial charge is 0.336 e. The summed E-state index contributed by atoms with van der Waals surface area (Å²) in [5.41, 5.74) is 0. The van der Waals surface area contributed by atoms with Gasteiger partial charge in [0.2, 0.25) is 0 Å². The number of nitrogens with one attached hydrogen (secondary N) is 1. The van der Waals surface area contributed by atoms with Crippen LogP contribution < -0.4 is 5.32 Å². The average molecular weight is 149 g/mol. The zero-order valence-corrected chi connectivity index (χ0v) is 6.49. The summed E-state index contributed by atoms with van der Waals surface area (Å²) in [6, 6.07) is 0.315. The Bertz CT molecular complexity index is 275. The number of imidazole rings is 1. The van der Waals surface area contributed by atoms with Crippen LogP contribution in [0, 0.1) is 0 Å². The maximum atomic E-state index is 4.25. The van der Waals surface area contributed by atoms with Gasteiger partial charge in [-0.3, -0.25) is 0 Å². The molecule has 1 N–H and O–H groups in total. The van der Waals surface area contributed by atoms with Crippen LogP contribution in [0.3, 0.4) is 0 Å². The quantitative estimate of drug-likeness (QED) is 0.593. The first-order valence-corrected chi connectivity index (χ1v) is 3.75. The topological polar surface area (TPSA) is 29.9 Å². The third kappa shape index (κ3) is 1.07. The van der Waals surface area contributed by atoms with Gasteiger partial charge in [-0.05, 0) is 0 Å². The van der Waals surface area contributed by atoms with Gasteiger partial charge in [-0.25, -0.2) is 4.98 Å². The van der Waals surface area contributed by atoms with E-state index in [1.165, 1.54) is 0 Å². The highest BCUT2D eigenvalue weighted by Crippen LogP contribution is 2.13. The van der Waals surface area contributed by atoms with E-state index in [2.05, 4.69) is 22.5 Å². The summed E-state index contributed by atoms with van der Waals surface area (Å²) in [6.07, 6.45) is 8.05. The number of hydrogen-bond acceptors (Lipinski definition) is 2. The van der Waals surface area contributed by atoms with Crippen molar-refractivity contribution in [2.75, 3.05) is 6.54 Å². The van der Waals surface area contributed by atoms with E-state index in [9.17, 15) is 0 Å². The van der Waals surface area contributed by atoms with Gasteiger partial charge in [0.25, 0.3) is 0 Å².